The lowest BCUT2D eigenvalue weighted by Gasteiger charge is -2.33. The van der Waals surface area contributed by atoms with Crippen molar-refractivity contribution in [3.8, 4) is 6.07 Å². The lowest BCUT2D eigenvalue weighted by atomic mass is 9.95. The molecule has 0 saturated carbocycles. The summed E-state index contributed by atoms with van der Waals surface area (Å²) in [5.41, 5.74) is -1.31. The number of nitriles is 1. The Bertz CT molecular complexity index is 332. The molecule has 17 heavy (non-hydrogen) atoms. The lowest BCUT2D eigenvalue weighted by molar-refractivity contribution is 0.0153. The van der Waals surface area contributed by atoms with Crippen LogP contribution in [-0.4, -0.2) is 34.6 Å². The number of carbonyl (C=O) groups is 1. The van der Waals surface area contributed by atoms with Crippen LogP contribution in [-0.2, 0) is 4.74 Å². The van der Waals surface area contributed by atoms with Crippen molar-refractivity contribution in [1.29, 1.82) is 5.26 Å². The van der Waals surface area contributed by atoms with E-state index in [1.165, 1.54) is 4.90 Å². The predicted octanol–water partition coefficient (Wildman–Crippen LogP) is 2.91. The summed E-state index contributed by atoms with van der Waals surface area (Å²) >= 11 is 5.72. The van der Waals surface area contributed by atoms with Crippen LogP contribution in [0, 0.1) is 11.3 Å². The topological polar surface area (TPSA) is 53.3 Å². The summed E-state index contributed by atoms with van der Waals surface area (Å²) in [5, 5.41) is 9.31. The van der Waals surface area contributed by atoms with E-state index >= 15 is 0 Å². The number of hydrogen-bond donors (Lipinski definition) is 0. The Labute approximate surface area is 107 Å². The minimum absolute atomic E-state index is 0.368. The molecule has 0 unspecified atom stereocenters. The predicted molar refractivity (Wildman–Crippen MR) is 65.9 cm³/mol. The molecule has 1 saturated heterocycles. The molecule has 96 valence electrons. The number of carbonyl (C=O) groups excluding carboxylic acids is 1. The molecule has 1 amide bonds. The van der Waals surface area contributed by atoms with Crippen LogP contribution >= 0.6 is 11.6 Å². The van der Waals surface area contributed by atoms with Gasteiger partial charge in [-0.05, 0) is 40.0 Å². The minimum Gasteiger partial charge on any atom is -0.444 e. The van der Waals surface area contributed by atoms with Gasteiger partial charge >= 0.3 is 6.09 Å². The van der Waals surface area contributed by atoms with E-state index in [0.29, 0.717) is 25.3 Å². The van der Waals surface area contributed by atoms with Crippen molar-refractivity contribution in [1.82, 2.24) is 4.90 Å². The second kappa shape index (κ2) is 5.14. The van der Waals surface area contributed by atoms with Crippen LogP contribution in [0.3, 0.4) is 0 Å². The Hall–Kier alpha value is -0.950. The fourth-order valence-corrected chi connectivity index (χ4v) is 2.36. The molecule has 0 aliphatic carbocycles. The molecule has 1 aliphatic heterocycles. The summed E-state index contributed by atoms with van der Waals surface area (Å²) in [6.07, 6.45) is 1.57. The Morgan fingerprint density at radius 3 is 2.71 bits per heavy atom. The molecule has 1 rings (SSSR count). The molecule has 0 aromatic carbocycles. The van der Waals surface area contributed by atoms with Gasteiger partial charge in [0, 0.05) is 12.4 Å². The molecular formula is C12H19ClN2O2. The maximum Gasteiger partial charge on any atom is 0.411 e. The summed E-state index contributed by atoms with van der Waals surface area (Å²) in [7, 11) is 0. The van der Waals surface area contributed by atoms with Gasteiger partial charge < -0.3 is 4.74 Å². The zero-order chi connectivity index (χ0) is 13.1. The molecule has 1 atom stereocenters. The van der Waals surface area contributed by atoms with Crippen LogP contribution in [0.25, 0.3) is 0 Å². The van der Waals surface area contributed by atoms with Crippen molar-refractivity contribution >= 4 is 17.7 Å². The first-order chi connectivity index (χ1) is 7.84. The second-order valence-corrected chi connectivity index (χ2v) is 5.70. The van der Waals surface area contributed by atoms with Crippen molar-refractivity contribution in [3.05, 3.63) is 0 Å². The fourth-order valence-electron chi connectivity index (χ4n) is 2.05. The first kappa shape index (κ1) is 14.1. The smallest absolute Gasteiger partial charge is 0.411 e. The van der Waals surface area contributed by atoms with E-state index in [1.807, 2.05) is 20.8 Å². The SMILES string of the molecule is CC(C)(C)OC(=O)N1CCC[C@@]1(C#N)CCCl. The molecular weight excluding hydrogens is 240 g/mol. The first-order valence-electron chi connectivity index (χ1n) is 5.82. The van der Waals surface area contributed by atoms with E-state index in [0.717, 1.165) is 6.42 Å². The quantitative estimate of drug-likeness (QED) is 0.716. The molecule has 5 heteroatoms. The third kappa shape index (κ3) is 3.26. The summed E-state index contributed by atoms with van der Waals surface area (Å²) in [5.74, 6) is 0.368. The van der Waals surface area contributed by atoms with Crippen LogP contribution in [0.15, 0.2) is 0 Å². The average Bonchev–Trinajstić information content (AvgIpc) is 2.60. The van der Waals surface area contributed by atoms with Crippen molar-refractivity contribution in [2.45, 2.75) is 51.2 Å². The normalized spacial score (nSPS) is 24.5. The van der Waals surface area contributed by atoms with Crippen LogP contribution in [0.4, 0.5) is 4.79 Å². The van der Waals surface area contributed by atoms with E-state index in [9.17, 15) is 10.1 Å². The molecule has 1 fully saturated rings. The van der Waals surface area contributed by atoms with E-state index in [-0.39, 0.29) is 0 Å². The van der Waals surface area contributed by atoms with Crippen molar-refractivity contribution in [2.75, 3.05) is 12.4 Å². The molecule has 1 heterocycles. The Morgan fingerprint density at radius 1 is 1.59 bits per heavy atom. The fraction of sp³-hybridized carbons (Fsp3) is 0.833. The summed E-state index contributed by atoms with van der Waals surface area (Å²) < 4.78 is 5.32. The Kier molecular flexibility index (Phi) is 4.26. The zero-order valence-electron chi connectivity index (χ0n) is 10.6. The van der Waals surface area contributed by atoms with Crippen molar-refractivity contribution in [2.24, 2.45) is 0 Å². The maximum atomic E-state index is 12.0. The van der Waals surface area contributed by atoms with Gasteiger partial charge in [0.15, 0.2) is 0 Å². The molecule has 1 aliphatic rings. The molecule has 4 nitrogen and oxygen atoms in total. The van der Waals surface area contributed by atoms with Crippen molar-refractivity contribution < 1.29 is 9.53 Å². The number of alkyl halides is 1. The van der Waals surface area contributed by atoms with E-state index < -0.39 is 17.2 Å². The number of hydrogen-bond acceptors (Lipinski definition) is 3. The first-order valence-corrected chi connectivity index (χ1v) is 6.36. The standard InChI is InChI=1S/C12H19ClN2O2/c1-11(2,3)17-10(16)15-8-4-5-12(15,9-14)6-7-13/h4-8H2,1-3H3/t12-/m0/s1. The molecule has 0 radical (unpaired) electrons. The van der Waals surface area contributed by atoms with Crippen LogP contribution in [0.2, 0.25) is 0 Å². The number of rotatable bonds is 2. The summed E-state index contributed by atoms with van der Waals surface area (Å²) in [6.45, 7) is 6.02. The van der Waals surface area contributed by atoms with Gasteiger partial charge in [0.05, 0.1) is 6.07 Å². The third-order valence-electron chi connectivity index (χ3n) is 2.82. The molecule has 0 bridgehead atoms. The summed E-state index contributed by atoms with van der Waals surface area (Å²) in [6, 6.07) is 2.24. The highest BCUT2D eigenvalue weighted by molar-refractivity contribution is 6.17. The number of nitrogens with zero attached hydrogens (tertiary/aromatic N) is 2. The number of amides is 1. The number of halogens is 1. The van der Waals surface area contributed by atoms with E-state index in [1.54, 1.807) is 0 Å². The lowest BCUT2D eigenvalue weighted by Crippen LogP contribution is -2.48. The van der Waals surface area contributed by atoms with Gasteiger partial charge in [0.25, 0.3) is 0 Å². The highest BCUT2D eigenvalue weighted by Gasteiger charge is 2.45. The van der Waals surface area contributed by atoms with E-state index in [2.05, 4.69) is 6.07 Å². The highest BCUT2D eigenvalue weighted by atomic mass is 35.5. The zero-order valence-corrected chi connectivity index (χ0v) is 11.4. The van der Waals surface area contributed by atoms with E-state index in [4.69, 9.17) is 16.3 Å². The number of ether oxygens (including phenoxy) is 1. The van der Waals surface area contributed by atoms with Gasteiger partial charge in [0.1, 0.15) is 11.1 Å². The largest absolute Gasteiger partial charge is 0.444 e. The van der Waals surface area contributed by atoms with Gasteiger partial charge in [-0.3, -0.25) is 4.90 Å². The average molecular weight is 259 g/mol. The minimum atomic E-state index is -0.774. The third-order valence-corrected chi connectivity index (χ3v) is 3.01. The Morgan fingerprint density at radius 2 is 2.24 bits per heavy atom. The summed E-state index contributed by atoms with van der Waals surface area (Å²) in [4.78, 5) is 13.5. The van der Waals surface area contributed by atoms with Gasteiger partial charge in [0.2, 0.25) is 0 Å². The van der Waals surface area contributed by atoms with Gasteiger partial charge in [-0.15, -0.1) is 11.6 Å². The van der Waals surface area contributed by atoms with Gasteiger partial charge in [-0.25, -0.2) is 4.79 Å². The molecule has 0 aromatic heterocycles. The van der Waals surface area contributed by atoms with Crippen LogP contribution < -0.4 is 0 Å². The molecule has 0 N–H and O–H groups in total. The van der Waals surface area contributed by atoms with Gasteiger partial charge in [-0.2, -0.15) is 5.26 Å². The van der Waals surface area contributed by atoms with Gasteiger partial charge in [-0.1, -0.05) is 0 Å². The maximum absolute atomic E-state index is 12.0. The number of likely N-dealkylation sites (tertiary alicyclic amines) is 1. The van der Waals surface area contributed by atoms with Crippen LogP contribution in [0.5, 0.6) is 0 Å². The highest BCUT2D eigenvalue weighted by Crippen LogP contribution is 2.33. The Balaban J connectivity index is 2.82. The molecule has 0 spiro atoms. The monoisotopic (exact) mass is 258 g/mol. The second-order valence-electron chi connectivity index (χ2n) is 5.32. The van der Waals surface area contributed by atoms with Crippen molar-refractivity contribution in [3.63, 3.8) is 0 Å². The molecule has 0 aromatic rings. The van der Waals surface area contributed by atoms with Crippen LogP contribution in [0.1, 0.15) is 40.0 Å².